The molecule has 1 amide bonds. The Morgan fingerprint density at radius 2 is 1.61 bits per heavy atom. The summed E-state index contributed by atoms with van der Waals surface area (Å²) in [4.78, 5) is 14.9. The van der Waals surface area contributed by atoms with Crippen LogP contribution in [0.2, 0.25) is 5.02 Å². The molecular weight excluding hydrogens is 455 g/mol. The Balaban J connectivity index is 1.85. The zero-order chi connectivity index (χ0) is 24.0. The van der Waals surface area contributed by atoms with Crippen molar-refractivity contribution in [1.29, 1.82) is 0 Å². The van der Waals surface area contributed by atoms with E-state index < -0.39 is 11.7 Å². The molecule has 0 fully saturated rings. The quantitative estimate of drug-likeness (QED) is 0.388. The highest BCUT2D eigenvalue weighted by Gasteiger charge is 2.30. The van der Waals surface area contributed by atoms with E-state index in [4.69, 9.17) is 21.1 Å². The van der Waals surface area contributed by atoms with E-state index in [1.165, 1.54) is 26.4 Å². The van der Waals surface area contributed by atoms with Crippen LogP contribution >= 0.6 is 11.6 Å². The Hall–Kier alpha value is -3.19. The third-order valence-corrected chi connectivity index (χ3v) is 5.48. The molecule has 0 aliphatic carbocycles. The number of amides is 1. The van der Waals surface area contributed by atoms with Gasteiger partial charge >= 0.3 is 6.18 Å². The van der Waals surface area contributed by atoms with Crippen LogP contribution in [-0.4, -0.2) is 26.7 Å². The van der Waals surface area contributed by atoms with Crippen LogP contribution in [0.15, 0.2) is 66.7 Å². The first-order chi connectivity index (χ1) is 15.7. The largest absolute Gasteiger partial charge is 0.496 e. The molecule has 0 bridgehead atoms. The second kappa shape index (κ2) is 10.6. The smallest absolute Gasteiger partial charge is 0.416 e. The normalized spacial score (nSPS) is 11.2. The van der Waals surface area contributed by atoms with Crippen LogP contribution in [0.5, 0.6) is 11.5 Å². The summed E-state index contributed by atoms with van der Waals surface area (Å²) in [6.07, 6.45) is -3.95. The van der Waals surface area contributed by atoms with Crippen molar-refractivity contribution in [2.75, 3.05) is 25.7 Å². The van der Waals surface area contributed by atoms with Gasteiger partial charge in [-0.25, -0.2) is 0 Å². The number of hydrogen-bond acceptors (Lipinski definition) is 3. The van der Waals surface area contributed by atoms with E-state index in [2.05, 4.69) is 0 Å². The van der Waals surface area contributed by atoms with Crippen LogP contribution in [-0.2, 0) is 23.8 Å². The van der Waals surface area contributed by atoms with E-state index in [0.29, 0.717) is 34.2 Å². The number of ether oxygens (including phenoxy) is 2. The second-order valence-electron chi connectivity index (χ2n) is 7.30. The van der Waals surface area contributed by atoms with Crippen molar-refractivity contribution in [2.24, 2.45) is 0 Å². The first-order valence-corrected chi connectivity index (χ1v) is 10.5. The molecular formula is C25H23ClF3NO3. The molecule has 3 aromatic carbocycles. The van der Waals surface area contributed by atoms with Crippen LogP contribution in [0.3, 0.4) is 0 Å². The summed E-state index contributed by atoms with van der Waals surface area (Å²) in [6.45, 7) is 0.252. The molecule has 0 saturated carbocycles. The van der Waals surface area contributed by atoms with Crippen molar-refractivity contribution in [2.45, 2.75) is 19.0 Å². The van der Waals surface area contributed by atoms with Gasteiger partial charge in [-0.15, -0.1) is 0 Å². The van der Waals surface area contributed by atoms with E-state index in [0.717, 1.165) is 17.7 Å². The van der Waals surface area contributed by atoms with Gasteiger partial charge in [0.05, 0.1) is 31.2 Å². The van der Waals surface area contributed by atoms with Gasteiger partial charge < -0.3 is 14.4 Å². The van der Waals surface area contributed by atoms with Crippen molar-refractivity contribution in [1.82, 2.24) is 0 Å². The van der Waals surface area contributed by atoms with E-state index >= 15 is 0 Å². The van der Waals surface area contributed by atoms with E-state index in [9.17, 15) is 18.0 Å². The van der Waals surface area contributed by atoms with Gasteiger partial charge in [0.15, 0.2) is 0 Å². The summed E-state index contributed by atoms with van der Waals surface area (Å²) in [5, 5.41) is 0.347. The minimum Gasteiger partial charge on any atom is -0.496 e. The maximum Gasteiger partial charge on any atom is 0.416 e. The van der Waals surface area contributed by atoms with Crippen molar-refractivity contribution in [3.63, 3.8) is 0 Å². The predicted molar refractivity (Wildman–Crippen MR) is 122 cm³/mol. The molecule has 0 spiro atoms. The molecule has 0 radical (unpaired) electrons. The van der Waals surface area contributed by atoms with Gasteiger partial charge in [0.1, 0.15) is 11.5 Å². The summed E-state index contributed by atoms with van der Waals surface area (Å²) in [5.74, 6) is 0.870. The molecule has 0 aromatic heterocycles. The van der Waals surface area contributed by atoms with Crippen LogP contribution in [0.1, 0.15) is 16.7 Å². The lowest BCUT2D eigenvalue weighted by molar-refractivity contribution is -0.137. The number of anilines is 1. The van der Waals surface area contributed by atoms with Gasteiger partial charge in [0.2, 0.25) is 5.91 Å². The number of carbonyl (C=O) groups excluding carboxylic acids is 1. The molecule has 3 aromatic rings. The van der Waals surface area contributed by atoms with E-state index in [1.807, 2.05) is 18.2 Å². The maximum absolute atomic E-state index is 13.3. The SMILES string of the molecule is COc1ccc(N(CCc2ccc(C(F)(F)F)cc2)C(=O)Cc2ccccc2OC)cc1Cl. The van der Waals surface area contributed by atoms with Crippen LogP contribution in [0.4, 0.5) is 18.9 Å². The molecule has 0 heterocycles. The van der Waals surface area contributed by atoms with Crippen molar-refractivity contribution >= 4 is 23.2 Å². The van der Waals surface area contributed by atoms with Gasteiger partial charge in [-0.3, -0.25) is 4.79 Å². The number of para-hydroxylation sites is 1. The van der Waals surface area contributed by atoms with Gasteiger partial charge in [0, 0.05) is 17.8 Å². The number of carbonyl (C=O) groups is 1. The zero-order valence-corrected chi connectivity index (χ0v) is 18.9. The molecule has 33 heavy (non-hydrogen) atoms. The fourth-order valence-electron chi connectivity index (χ4n) is 3.43. The molecule has 0 aliphatic heterocycles. The van der Waals surface area contributed by atoms with Crippen molar-refractivity contribution in [3.05, 3.63) is 88.4 Å². The summed E-state index contributed by atoms with van der Waals surface area (Å²) >= 11 is 6.27. The number of methoxy groups -OCH3 is 2. The Kier molecular flexibility index (Phi) is 7.87. The molecule has 4 nitrogen and oxygen atoms in total. The molecule has 8 heteroatoms. The second-order valence-corrected chi connectivity index (χ2v) is 7.70. The molecule has 0 saturated heterocycles. The third-order valence-electron chi connectivity index (χ3n) is 5.19. The highest BCUT2D eigenvalue weighted by Crippen LogP contribution is 2.31. The predicted octanol–water partition coefficient (Wildman–Crippen LogP) is 6.19. The summed E-state index contributed by atoms with van der Waals surface area (Å²) in [6, 6.07) is 17.2. The van der Waals surface area contributed by atoms with Crippen molar-refractivity contribution < 1.29 is 27.4 Å². The Morgan fingerprint density at radius 3 is 2.21 bits per heavy atom. The Morgan fingerprint density at radius 1 is 0.939 bits per heavy atom. The lowest BCUT2D eigenvalue weighted by Gasteiger charge is -2.24. The number of halogens is 4. The summed E-state index contributed by atoms with van der Waals surface area (Å²) in [5.41, 5.74) is 1.26. The average molecular weight is 478 g/mol. The van der Waals surface area contributed by atoms with Gasteiger partial charge in [0.25, 0.3) is 0 Å². The number of hydrogen-bond donors (Lipinski definition) is 0. The zero-order valence-electron chi connectivity index (χ0n) is 18.2. The summed E-state index contributed by atoms with van der Waals surface area (Å²) < 4.78 is 49.1. The molecule has 174 valence electrons. The summed E-state index contributed by atoms with van der Waals surface area (Å²) in [7, 11) is 3.03. The molecule has 0 atom stereocenters. The minimum absolute atomic E-state index is 0.0840. The fourth-order valence-corrected chi connectivity index (χ4v) is 3.68. The third kappa shape index (κ3) is 6.20. The Labute approximate surface area is 195 Å². The molecule has 0 aliphatic rings. The highest BCUT2D eigenvalue weighted by atomic mass is 35.5. The van der Waals surface area contributed by atoms with Gasteiger partial charge in [-0.2, -0.15) is 13.2 Å². The monoisotopic (exact) mass is 477 g/mol. The van der Waals surface area contributed by atoms with Gasteiger partial charge in [-0.05, 0) is 48.4 Å². The van der Waals surface area contributed by atoms with Crippen LogP contribution in [0, 0.1) is 0 Å². The van der Waals surface area contributed by atoms with E-state index in [1.54, 1.807) is 29.2 Å². The van der Waals surface area contributed by atoms with Crippen molar-refractivity contribution in [3.8, 4) is 11.5 Å². The number of benzene rings is 3. The highest BCUT2D eigenvalue weighted by molar-refractivity contribution is 6.32. The number of nitrogens with zero attached hydrogens (tertiary/aromatic N) is 1. The number of rotatable bonds is 8. The van der Waals surface area contributed by atoms with Crippen LogP contribution < -0.4 is 14.4 Å². The first kappa shape index (κ1) is 24.5. The topological polar surface area (TPSA) is 38.8 Å². The first-order valence-electron chi connectivity index (χ1n) is 10.1. The standard InChI is InChI=1S/C25H23ClF3NO3/c1-32-22-6-4-3-5-18(22)15-24(31)30(20-11-12-23(33-2)21(26)16-20)14-13-17-7-9-19(10-8-17)25(27,28)29/h3-12,16H,13-15H2,1-2H3. The molecule has 0 N–H and O–H groups in total. The van der Waals surface area contributed by atoms with E-state index in [-0.39, 0.29) is 18.9 Å². The fraction of sp³-hybridized carbons (Fsp3) is 0.240. The molecule has 3 rings (SSSR count). The average Bonchev–Trinajstić information content (AvgIpc) is 2.79. The minimum atomic E-state index is -4.39. The lowest BCUT2D eigenvalue weighted by atomic mass is 10.1. The van der Waals surface area contributed by atoms with Gasteiger partial charge in [-0.1, -0.05) is 41.9 Å². The lowest BCUT2D eigenvalue weighted by Crippen LogP contribution is -2.34. The number of alkyl halides is 3. The Bertz CT molecular complexity index is 1100. The maximum atomic E-state index is 13.3. The van der Waals surface area contributed by atoms with Crippen LogP contribution in [0.25, 0.3) is 0 Å². The molecule has 0 unspecified atom stereocenters.